The Bertz CT molecular complexity index is 320. The summed E-state index contributed by atoms with van der Waals surface area (Å²) in [6.45, 7) is 6.60. The molecule has 17 heavy (non-hydrogen) atoms. The number of nitrogens with zero attached hydrogens (tertiary/aromatic N) is 1. The molecular weight excluding hydrogens is 222 g/mol. The molecule has 1 aliphatic heterocycles. The zero-order valence-corrected chi connectivity index (χ0v) is 10.6. The maximum atomic E-state index is 11.6. The maximum absolute atomic E-state index is 11.6. The molecule has 0 aromatic rings. The van der Waals surface area contributed by atoms with Gasteiger partial charge in [0.05, 0.1) is 6.61 Å². The van der Waals surface area contributed by atoms with E-state index in [1.165, 1.54) is 10.5 Å². The van der Waals surface area contributed by atoms with Crippen molar-refractivity contribution in [3.8, 4) is 0 Å². The second kappa shape index (κ2) is 6.27. The van der Waals surface area contributed by atoms with E-state index in [1.54, 1.807) is 6.92 Å². The third kappa shape index (κ3) is 3.76. The summed E-state index contributed by atoms with van der Waals surface area (Å²) in [5, 5.41) is 0. The number of ether oxygens (including phenoxy) is 2. The van der Waals surface area contributed by atoms with Crippen LogP contribution < -0.4 is 0 Å². The van der Waals surface area contributed by atoms with Crippen molar-refractivity contribution in [1.29, 1.82) is 0 Å². The fourth-order valence-electron chi connectivity index (χ4n) is 1.62. The molecule has 0 saturated carbocycles. The van der Waals surface area contributed by atoms with Gasteiger partial charge in [-0.25, -0.2) is 9.59 Å². The lowest BCUT2D eigenvalue weighted by Gasteiger charge is -2.18. The number of hydrogen-bond acceptors (Lipinski definition) is 4. The second-order valence-electron chi connectivity index (χ2n) is 4.11. The number of esters is 1. The van der Waals surface area contributed by atoms with Gasteiger partial charge in [0.25, 0.3) is 0 Å². The summed E-state index contributed by atoms with van der Waals surface area (Å²) >= 11 is 0. The molecule has 0 radical (unpaired) electrons. The number of rotatable bonds is 5. The monoisotopic (exact) mass is 241 g/mol. The lowest BCUT2D eigenvalue weighted by atomic mass is 10.2. The largest absolute Gasteiger partial charge is 0.464 e. The molecule has 1 atom stereocenters. The molecule has 1 saturated heterocycles. The number of hydrogen-bond donors (Lipinski definition) is 0. The van der Waals surface area contributed by atoms with Gasteiger partial charge in [-0.1, -0.05) is 11.6 Å². The fraction of sp³-hybridized carbons (Fsp3) is 0.667. The molecular formula is C12H19NO4. The number of amides is 1. The van der Waals surface area contributed by atoms with Gasteiger partial charge in [0.1, 0.15) is 6.61 Å². The molecule has 5 heteroatoms. The Morgan fingerprint density at radius 2 is 2.29 bits per heavy atom. The Balaban J connectivity index is 2.56. The van der Waals surface area contributed by atoms with E-state index >= 15 is 0 Å². The molecule has 1 rings (SSSR count). The molecule has 0 aliphatic carbocycles. The molecule has 0 aromatic carbocycles. The molecule has 5 nitrogen and oxygen atoms in total. The van der Waals surface area contributed by atoms with Gasteiger partial charge in [0.15, 0.2) is 6.04 Å². The van der Waals surface area contributed by atoms with Gasteiger partial charge in [0, 0.05) is 6.54 Å². The normalized spacial score (nSPS) is 18.9. The highest BCUT2D eigenvalue weighted by Crippen LogP contribution is 2.14. The SMILES string of the molecule is CCOC(=O)[C@@H]1COC(=O)N1CCC=C(C)C. The highest BCUT2D eigenvalue weighted by Gasteiger charge is 2.38. The molecule has 1 heterocycles. The van der Waals surface area contributed by atoms with E-state index in [1.807, 2.05) is 19.9 Å². The van der Waals surface area contributed by atoms with Crippen molar-refractivity contribution in [3.05, 3.63) is 11.6 Å². The Hall–Kier alpha value is -1.52. The van der Waals surface area contributed by atoms with Crippen LogP contribution in [0.3, 0.4) is 0 Å². The number of carbonyl (C=O) groups is 2. The molecule has 0 unspecified atom stereocenters. The molecule has 0 N–H and O–H groups in total. The smallest absolute Gasteiger partial charge is 0.410 e. The van der Waals surface area contributed by atoms with Crippen LogP contribution in [-0.2, 0) is 14.3 Å². The predicted octanol–water partition coefficient (Wildman–Crippen LogP) is 1.73. The number of cyclic esters (lactones) is 1. The van der Waals surface area contributed by atoms with Crippen molar-refractivity contribution in [1.82, 2.24) is 4.90 Å². The van der Waals surface area contributed by atoms with Crippen molar-refractivity contribution >= 4 is 12.1 Å². The van der Waals surface area contributed by atoms with Gasteiger partial charge >= 0.3 is 12.1 Å². The quantitative estimate of drug-likeness (QED) is 0.543. The van der Waals surface area contributed by atoms with E-state index in [4.69, 9.17) is 9.47 Å². The first-order valence-corrected chi connectivity index (χ1v) is 5.79. The molecule has 1 aliphatic rings. The van der Waals surface area contributed by atoms with Crippen molar-refractivity contribution in [2.24, 2.45) is 0 Å². The van der Waals surface area contributed by atoms with Gasteiger partial charge in [0.2, 0.25) is 0 Å². The first kappa shape index (κ1) is 13.5. The Labute approximate surface area is 101 Å². The van der Waals surface area contributed by atoms with Gasteiger partial charge in [-0.15, -0.1) is 0 Å². The highest BCUT2D eigenvalue weighted by atomic mass is 16.6. The minimum Gasteiger partial charge on any atom is -0.464 e. The van der Waals surface area contributed by atoms with Gasteiger partial charge in [-0.3, -0.25) is 4.90 Å². The van der Waals surface area contributed by atoms with Crippen LogP contribution in [0.4, 0.5) is 4.79 Å². The third-order valence-electron chi connectivity index (χ3n) is 2.46. The van der Waals surface area contributed by atoms with E-state index in [9.17, 15) is 9.59 Å². The first-order valence-electron chi connectivity index (χ1n) is 5.79. The van der Waals surface area contributed by atoms with Crippen LogP contribution in [0.15, 0.2) is 11.6 Å². The van der Waals surface area contributed by atoms with E-state index in [0.29, 0.717) is 19.6 Å². The summed E-state index contributed by atoms with van der Waals surface area (Å²) in [5.41, 5.74) is 1.19. The predicted molar refractivity (Wildman–Crippen MR) is 62.5 cm³/mol. The Morgan fingerprint density at radius 3 is 2.88 bits per heavy atom. The van der Waals surface area contributed by atoms with Crippen LogP contribution in [0.5, 0.6) is 0 Å². The standard InChI is InChI=1S/C12H19NO4/c1-4-16-11(14)10-8-17-12(15)13(10)7-5-6-9(2)3/h6,10H,4-5,7-8H2,1-3H3/t10-/m0/s1. The van der Waals surface area contributed by atoms with Crippen molar-refractivity contribution in [3.63, 3.8) is 0 Å². The minimum atomic E-state index is -0.590. The lowest BCUT2D eigenvalue weighted by Crippen LogP contribution is -2.41. The molecule has 1 fully saturated rings. The zero-order valence-electron chi connectivity index (χ0n) is 10.6. The van der Waals surface area contributed by atoms with Crippen LogP contribution in [0.2, 0.25) is 0 Å². The van der Waals surface area contributed by atoms with E-state index in [0.717, 1.165) is 0 Å². The van der Waals surface area contributed by atoms with Gasteiger partial charge < -0.3 is 9.47 Å². The summed E-state index contributed by atoms with van der Waals surface area (Å²) < 4.78 is 9.77. The second-order valence-corrected chi connectivity index (χ2v) is 4.11. The van der Waals surface area contributed by atoms with E-state index in [2.05, 4.69) is 0 Å². The highest BCUT2D eigenvalue weighted by molar-refractivity contribution is 5.84. The summed E-state index contributed by atoms with van der Waals surface area (Å²) in [6, 6.07) is -0.590. The van der Waals surface area contributed by atoms with Crippen LogP contribution in [0.25, 0.3) is 0 Å². The fourth-order valence-corrected chi connectivity index (χ4v) is 1.62. The van der Waals surface area contributed by atoms with Crippen molar-refractivity contribution in [2.45, 2.75) is 33.2 Å². The third-order valence-corrected chi connectivity index (χ3v) is 2.46. The molecule has 1 amide bonds. The van der Waals surface area contributed by atoms with Crippen LogP contribution in [0.1, 0.15) is 27.2 Å². The molecule has 0 spiro atoms. The lowest BCUT2D eigenvalue weighted by molar-refractivity contribution is -0.147. The molecule has 0 aromatic heterocycles. The van der Waals surface area contributed by atoms with Crippen molar-refractivity contribution < 1.29 is 19.1 Å². The minimum absolute atomic E-state index is 0.0898. The number of allylic oxidation sites excluding steroid dienone is 1. The van der Waals surface area contributed by atoms with E-state index < -0.39 is 18.1 Å². The average molecular weight is 241 g/mol. The summed E-state index contributed by atoms with van der Waals surface area (Å²) in [7, 11) is 0. The summed E-state index contributed by atoms with van der Waals surface area (Å²) in [4.78, 5) is 24.5. The average Bonchev–Trinajstić information content (AvgIpc) is 2.60. The summed E-state index contributed by atoms with van der Waals surface area (Å²) in [5.74, 6) is -0.393. The zero-order chi connectivity index (χ0) is 12.8. The summed E-state index contributed by atoms with van der Waals surface area (Å²) in [6.07, 6.45) is 2.30. The molecule has 0 bridgehead atoms. The number of carbonyl (C=O) groups excluding carboxylic acids is 2. The first-order chi connectivity index (χ1) is 8.06. The topological polar surface area (TPSA) is 55.8 Å². The Morgan fingerprint density at radius 1 is 1.59 bits per heavy atom. The van der Waals surface area contributed by atoms with Crippen LogP contribution in [0, 0.1) is 0 Å². The van der Waals surface area contributed by atoms with Gasteiger partial charge in [-0.2, -0.15) is 0 Å². The van der Waals surface area contributed by atoms with Gasteiger partial charge in [-0.05, 0) is 27.2 Å². The van der Waals surface area contributed by atoms with Crippen LogP contribution >= 0.6 is 0 Å². The van der Waals surface area contributed by atoms with E-state index in [-0.39, 0.29) is 6.61 Å². The maximum Gasteiger partial charge on any atom is 0.410 e. The Kier molecular flexibility index (Phi) is 5.00. The molecule has 96 valence electrons. The van der Waals surface area contributed by atoms with Crippen molar-refractivity contribution in [2.75, 3.05) is 19.8 Å². The van der Waals surface area contributed by atoms with Crippen LogP contribution in [-0.4, -0.2) is 42.8 Å².